The molecule has 0 radical (unpaired) electrons. The van der Waals surface area contributed by atoms with Crippen molar-refractivity contribution in [1.82, 2.24) is 10.6 Å². The van der Waals surface area contributed by atoms with Gasteiger partial charge in [0.05, 0.1) is 7.11 Å². The van der Waals surface area contributed by atoms with Crippen LogP contribution in [0.25, 0.3) is 0 Å². The number of halogens is 2. The third-order valence-corrected chi connectivity index (χ3v) is 3.93. The molecule has 0 spiro atoms. The van der Waals surface area contributed by atoms with Crippen molar-refractivity contribution in [3.05, 3.63) is 64.2 Å². The highest BCUT2D eigenvalue weighted by atomic mass is 127. The summed E-state index contributed by atoms with van der Waals surface area (Å²) in [4.78, 5) is 4.23. The normalized spacial score (nSPS) is 10.8. The van der Waals surface area contributed by atoms with Gasteiger partial charge in [-0.25, -0.2) is 0 Å². The highest BCUT2D eigenvalue weighted by Gasteiger charge is 2.04. The summed E-state index contributed by atoms with van der Waals surface area (Å²) in [6.45, 7) is 3.32. The summed E-state index contributed by atoms with van der Waals surface area (Å²) in [6, 6.07) is 13.9. The van der Waals surface area contributed by atoms with Crippen LogP contribution in [0.15, 0.2) is 47.5 Å². The highest BCUT2D eigenvalue weighted by Crippen LogP contribution is 2.18. The summed E-state index contributed by atoms with van der Waals surface area (Å²) in [5.74, 6) is 1.62. The molecule has 0 aliphatic heterocycles. The van der Waals surface area contributed by atoms with Gasteiger partial charge in [0.2, 0.25) is 0 Å². The quantitative estimate of drug-likeness (QED) is 0.401. The number of nitrogens with zero attached hydrogens (tertiary/aromatic N) is 1. The van der Waals surface area contributed by atoms with Crippen molar-refractivity contribution in [3.63, 3.8) is 0 Å². The van der Waals surface area contributed by atoms with Crippen LogP contribution in [0.3, 0.4) is 0 Å². The van der Waals surface area contributed by atoms with Crippen LogP contribution in [0.4, 0.5) is 0 Å². The van der Waals surface area contributed by atoms with Gasteiger partial charge in [-0.2, -0.15) is 0 Å². The van der Waals surface area contributed by atoms with Crippen molar-refractivity contribution in [2.45, 2.75) is 20.0 Å². The van der Waals surface area contributed by atoms with Crippen LogP contribution in [0.5, 0.6) is 5.75 Å². The maximum absolute atomic E-state index is 6.16. The Bertz CT molecular complexity index is 692. The number of aliphatic imine (C=N–C) groups is 1. The van der Waals surface area contributed by atoms with Crippen molar-refractivity contribution >= 4 is 41.5 Å². The zero-order valence-corrected chi connectivity index (χ0v) is 17.2. The van der Waals surface area contributed by atoms with Crippen molar-refractivity contribution in [3.8, 4) is 5.75 Å². The van der Waals surface area contributed by atoms with Crippen molar-refractivity contribution < 1.29 is 4.74 Å². The Morgan fingerprint density at radius 3 is 2.50 bits per heavy atom. The van der Waals surface area contributed by atoms with E-state index in [0.29, 0.717) is 13.1 Å². The lowest BCUT2D eigenvalue weighted by Gasteiger charge is -2.13. The van der Waals surface area contributed by atoms with Gasteiger partial charge < -0.3 is 15.4 Å². The molecule has 0 bridgehead atoms. The molecule has 2 N–H and O–H groups in total. The van der Waals surface area contributed by atoms with Crippen molar-refractivity contribution in [2.75, 3.05) is 14.2 Å². The first-order valence-corrected chi connectivity index (χ1v) is 7.83. The van der Waals surface area contributed by atoms with Gasteiger partial charge in [-0.1, -0.05) is 41.9 Å². The molecule has 2 aromatic rings. The molecule has 0 atom stereocenters. The minimum atomic E-state index is 0. The van der Waals surface area contributed by atoms with E-state index in [1.807, 2.05) is 37.3 Å². The van der Waals surface area contributed by atoms with Gasteiger partial charge in [0.1, 0.15) is 5.75 Å². The van der Waals surface area contributed by atoms with E-state index >= 15 is 0 Å². The van der Waals surface area contributed by atoms with Crippen LogP contribution in [-0.2, 0) is 13.1 Å². The summed E-state index contributed by atoms with van der Waals surface area (Å²) in [7, 11) is 3.43. The molecule has 0 saturated heterocycles. The van der Waals surface area contributed by atoms with Crippen LogP contribution < -0.4 is 15.4 Å². The van der Waals surface area contributed by atoms with E-state index in [1.54, 1.807) is 14.2 Å². The third kappa shape index (κ3) is 5.87. The Balaban J connectivity index is 0.00000288. The number of aryl methyl sites for hydroxylation is 1. The van der Waals surface area contributed by atoms with Crippen LogP contribution in [0.2, 0.25) is 5.02 Å². The summed E-state index contributed by atoms with van der Waals surface area (Å²) in [6.07, 6.45) is 0. The van der Waals surface area contributed by atoms with Crippen LogP contribution in [0, 0.1) is 6.92 Å². The van der Waals surface area contributed by atoms with Gasteiger partial charge in [0.15, 0.2) is 5.96 Å². The molecule has 6 heteroatoms. The second-order valence-electron chi connectivity index (χ2n) is 5.17. The Kier molecular flexibility index (Phi) is 8.92. The Labute approximate surface area is 165 Å². The molecule has 4 nitrogen and oxygen atoms in total. The standard InChI is InChI=1S/C18H22ClN3O.HI/c1-13-8-9-14(10-17(13)23-3)11-21-18(20-2)22-12-15-6-4-5-7-16(15)19;/h4-10H,11-12H2,1-3H3,(H2,20,21,22);1H. The molecular formula is C18H23ClIN3O. The van der Waals surface area contributed by atoms with E-state index in [4.69, 9.17) is 16.3 Å². The molecule has 24 heavy (non-hydrogen) atoms. The number of ether oxygens (including phenoxy) is 1. The molecule has 2 aromatic carbocycles. The van der Waals surface area contributed by atoms with E-state index in [2.05, 4.69) is 27.8 Å². The molecule has 2 rings (SSSR count). The minimum Gasteiger partial charge on any atom is -0.496 e. The predicted octanol–water partition coefficient (Wildman–Crippen LogP) is 4.14. The maximum Gasteiger partial charge on any atom is 0.191 e. The maximum atomic E-state index is 6.16. The first kappa shape index (κ1) is 20.6. The van der Waals surface area contributed by atoms with Crippen molar-refractivity contribution in [2.24, 2.45) is 4.99 Å². The number of hydrogen-bond acceptors (Lipinski definition) is 2. The second kappa shape index (κ2) is 10.4. The summed E-state index contributed by atoms with van der Waals surface area (Å²) >= 11 is 6.16. The first-order valence-electron chi connectivity index (χ1n) is 7.45. The van der Waals surface area contributed by atoms with Gasteiger partial charge in [-0.15, -0.1) is 24.0 Å². The molecule has 0 aliphatic carbocycles. The van der Waals surface area contributed by atoms with E-state index in [9.17, 15) is 0 Å². The molecule has 0 unspecified atom stereocenters. The topological polar surface area (TPSA) is 45.7 Å². The lowest BCUT2D eigenvalue weighted by Crippen LogP contribution is -2.36. The smallest absolute Gasteiger partial charge is 0.191 e. The number of hydrogen-bond donors (Lipinski definition) is 2. The second-order valence-corrected chi connectivity index (χ2v) is 5.58. The summed E-state index contributed by atoms with van der Waals surface area (Å²) in [5.41, 5.74) is 3.29. The third-order valence-electron chi connectivity index (χ3n) is 3.56. The van der Waals surface area contributed by atoms with Gasteiger partial charge in [-0.05, 0) is 35.7 Å². The molecule has 0 aliphatic rings. The fourth-order valence-electron chi connectivity index (χ4n) is 2.20. The number of nitrogens with one attached hydrogen (secondary N) is 2. The van der Waals surface area contributed by atoms with E-state index in [0.717, 1.165) is 33.4 Å². The van der Waals surface area contributed by atoms with Gasteiger partial charge in [-0.3, -0.25) is 4.99 Å². The van der Waals surface area contributed by atoms with E-state index < -0.39 is 0 Å². The van der Waals surface area contributed by atoms with Crippen LogP contribution in [0.1, 0.15) is 16.7 Å². The highest BCUT2D eigenvalue weighted by molar-refractivity contribution is 14.0. The van der Waals surface area contributed by atoms with Crippen LogP contribution in [-0.4, -0.2) is 20.1 Å². The van der Waals surface area contributed by atoms with E-state index in [-0.39, 0.29) is 24.0 Å². The predicted molar refractivity (Wildman–Crippen MR) is 112 cm³/mol. The fourth-order valence-corrected chi connectivity index (χ4v) is 2.40. The zero-order chi connectivity index (χ0) is 16.7. The van der Waals surface area contributed by atoms with Crippen molar-refractivity contribution in [1.29, 1.82) is 0 Å². The number of rotatable bonds is 5. The largest absolute Gasteiger partial charge is 0.496 e. The van der Waals surface area contributed by atoms with Gasteiger partial charge in [0, 0.05) is 25.2 Å². The average Bonchev–Trinajstić information content (AvgIpc) is 2.57. The lowest BCUT2D eigenvalue weighted by molar-refractivity contribution is 0.411. The number of benzene rings is 2. The summed E-state index contributed by atoms with van der Waals surface area (Å²) in [5, 5.41) is 7.30. The lowest BCUT2D eigenvalue weighted by atomic mass is 10.1. The van der Waals surface area contributed by atoms with Gasteiger partial charge >= 0.3 is 0 Å². The minimum absolute atomic E-state index is 0. The first-order chi connectivity index (χ1) is 11.1. The Morgan fingerprint density at radius 2 is 1.83 bits per heavy atom. The monoisotopic (exact) mass is 459 g/mol. The molecule has 130 valence electrons. The van der Waals surface area contributed by atoms with Crippen LogP contribution >= 0.6 is 35.6 Å². The molecule has 0 aromatic heterocycles. The van der Waals surface area contributed by atoms with Gasteiger partial charge in [0.25, 0.3) is 0 Å². The van der Waals surface area contributed by atoms with E-state index in [1.165, 1.54) is 0 Å². The molecule has 0 fully saturated rings. The zero-order valence-electron chi connectivity index (χ0n) is 14.1. The summed E-state index contributed by atoms with van der Waals surface area (Å²) < 4.78 is 5.35. The number of guanidine groups is 1. The fraction of sp³-hybridized carbons (Fsp3) is 0.278. The average molecular weight is 460 g/mol. The molecular weight excluding hydrogens is 437 g/mol. The molecule has 0 amide bonds. The SMILES string of the molecule is CN=C(NCc1ccc(C)c(OC)c1)NCc1ccccc1Cl.I. The number of methoxy groups -OCH3 is 1. The Hall–Kier alpha value is -1.47. The molecule has 0 heterocycles. The molecule has 0 saturated carbocycles. The Morgan fingerprint density at radius 1 is 1.12 bits per heavy atom.